The quantitative estimate of drug-likeness (QED) is 0.906. The number of rotatable bonds is 2. The van der Waals surface area contributed by atoms with Crippen molar-refractivity contribution in [3.8, 4) is 0 Å². The highest BCUT2D eigenvalue weighted by molar-refractivity contribution is 6.33. The number of aromatic nitrogens is 2. The Morgan fingerprint density at radius 3 is 2.87 bits per heavy atom. The highest BCUT2D eigenvalue weighted by Gasteiger charge is 2.33. The number of carbonyl (C=O) groups excluding carboxylic acids is 1. The molecule has 0 aliphatic heterocycles. The molecule has 1 heterocycles. The van der Waals surface area contributed by atoms with Crippen LogP contribution in [-0.2, 0) is 5.41 Å². The van der Waals surface area contributed by atoms with Gasteiger partial charge in [-0.05, 0) is 36.3 Å². The number of benzene rings is 1. The Morgan fingerprint density at radius 2 is 2.09 bits per heavy atom. The lowest BCUT2D eigenvalue weighted by Gasteiger charge is -2.37. The molecule has 1 atom stereocenters. The van der Waals surface area contributed by atoms with Gasteiger partial charge in [0, 0.05) is 0 Å². The Bertz CT molecular complexity index is 758. The van der Waals surface area contributed by atoms with Crippen LogP contribution in [0.4, 0.5) is 0 Å². The van der Waals surface area contributed by atoms with Gasteiger partial charge in [-0.2, -0.15) is 0 Å². The van der Waals surface area contributed by atoms with E-state index in [2.05, 4.69) is 47.3 Å². The molecule has 4 nitrogen and oxygen atoms in total. The van der Waals surface area contributed by atoms with Crippen LogP contribution in [0.5, 0.6) is 0 Å². The molecule has 0 fully saturated rings. The number of nitrogens with one attached hydrogen (secondary N) is 1. The lowest BCUT2D eigenvalue weighted by molar-refractivity contribution is 0.0924. The van der Waals surface area contributed by atoms with E-state index >= 15 is 0 Å². The molecule has 3 rings (SSSR count). The Kier molecular flexibility index (Phi) is 4.11. The van der Waals surface area contributed by atoms with Crippen molar-refractivity contribution in [2.75, 3.05) is 0 Å². The minimum atomic E-state index is -0.250. The molecule has 0 saturated carbocycles. The zero-order valence-electron chi connectivity index (χ0n) is 13.6. The van der Waals surface area contributed by atoms with Crippen LogP contribution in [0.3, 0.4) is 0 Å². The van der Waals surface area contributed by atoms with Crippen molar-refractivity contribution < 1.29 is 4.79 Å². The van der Waals surface area contributed by atoms with Crippen LogP contribution in [-0.4, -0.2) is 15.9 Å². The molecule has 2 aromatic rings. The van der Waals surface area contributed by atoms with Gasteiger partial charge >= 0.3 is 0 Å². The van der Waals surface area contributed by atoms with E-state index in [-0.39, 0.29) is 28.1 Å². The Morgan fingerprint density at radius 1 is 1.35 bits per heavy atom. The predicted octanol–water partition coefficient (Wildman–Crippen LogP) is 3.98. The molecule has 1 aromatic carbocycles. The molecule has 0 radical (unpaired) electrons. The van der Waals surface area contributed by atoms with Crippen LogP contribution in [0, 0.1) is 6.92 Å². The molecule has 1 aromatic heterocycles. The molecule has 0 saturated heterocycles. The van der Waals surface area contributed by atoms with Gasteiger partial charge in [-0.25, -0.2) is 9.97 Å². The van der Waals surface area contributed by atoms with Gasteiger partial charge in [-0.3, -0.25) is 4.79 Å². The summed E-state index contributed by atoms with van der Waals surface area (Å²) >= 11 is 6.07. The van der Waals surface area contributed by atoms with Gasteiger partial charge in [0.05, 0.1) is 17.3 Å². The molecule has 0 bridgehead atoms. The van der Waals surface area contributed by atoms with Crippen molar-refractivity contribution >= 4 is 17.5 Å². The van der Waals surface area contributed by atoms with E-state index in [9.17, 15) is 4.79 Å². The number of halogens is 1. The van der Waals surface area contributed by atoms with Crippen LogP contribution < -0.4 is 5.32 Å². The third-order valence-corrected chi connectivity index (χ3v) is 4.78. The van der Waals surface area contributed by atoms with Crippen LogP contribution in [0.25, 0.3) is 0 Å². The monoisotopic (exact) mass is 329 g/mol. The second-order valence-corrected chi connectivity index (χ2v) is 7.06. The average molecular weight is 330 g/mol. The fourth-order valence-corrected chi connectivity index (χ4v) is 3.38. The van der Waals surface area contributed by atoms with Crippen LogP contribution >= 0.6 is 11.6 Å². The number of nitrogens with zero attached hydrogens (tertiary/aromatic N) is 2. The Hall–Kier alpha value is -1.94. The number of hydrogen-bond donors (Lipinski definition) is 1. The maximum Gasteiger partial charge on any atom is 0.272 e. The highest BCUT2D eigenvalue weighted by atomic mass is 35.5. The summed E-state index contributed by atoms with van der Waals surface area (Å²) in [5.74, 6) is 0.282. The van der Waals surface area contributed by atoms with Gasteiger partial charge < -0.3 is 5.32 Å². The highest BCUT2D eigenvalue weighted by Crippen LogP contribution is 2.41. The Labute approximate surface area is 141 Å². The summed E-state index contributed by atoms with van der Waals surface area (Å²) in [5, 5.41) is 3.36. The normalized spacial score (nSPS) is 19.0. The summed E-state index contributed by atoms with van der Waals surface area (Å²) in [6.45, 7) is 6.23. The second-order valence-electron chi connectivity index (χ2n) is 6.65. The first-order valence-electron chi connectivity index (χ1n) is 7.78. The van der Waals surface area contributed by atoms with Crippen molar-refractivity contribution in [2.24, 2.45) is 0 Å². The first-order valence-corrected chi connectivity index (χ1v) is 8.16. The standard InChI is InChI=1S/C18H20ClN3O/c1-11-20-10-14(19)16(21-11)17(23)22-15-8-9-18(2,3)13-7-5-4-6-12(13)15/h4-7,10,15H,8-9H2,1-3H3,(H,22,23). The molecular formula is C18H20ClN3O. The zero-order chi connectivity index (χ0) is 16.6. The molecule has 1 unspecified atom stereocenters. The average Bonchev–Trinajstić information content (AvgIpc) is 2.53. The minimum absolute atomic E-state index is 0.0157. The zero-order valence-corrected chi connectivity index (χ0v) is 14.3. The van der Waals surface area contributed by atoms with E-state index < -0.39 is 0 Å². The van der Waals surface area contributed by atoms with E-state index in [4.69, 9.17) is 11.6 Å². The summed E-state index contributed by atoms with van der Waals surface area (Å²) in [7, 11) is 0. The van der Waals surface area contributed by atoms with E-state index in [1.165, 1.54) is 17.3 Å². The van der Waals surface area contributed by atoms with E-state index in [0.29, 0.717) is 5.82 Å². The number of hydrogen-bond acceptors (Lipinski definition) is 3. The molecule has 120 valence electrons. The third kappa shape index (κ3) is 3.08. The number of amides is 1. The topological polar surface area (TPSA) is 54.9 Å². The molecule has 0 spiro atoms. The minimum Gasteiger partial charge on any atom is -0.344 e. The summed E-state index contributed by atoms with van der Waals surface area (Å²) < 4.78 is 0. The summed E-state index contributed by atoms with van der Waals surface area (Å²) in [5.41, 5.74) is 2.84. The molecule has 5 heteroatoms. The second kappa shape index (κ2) is 5.93. The van der Waals surface area contributed by atoms with Crippen molar-refractivity contribution in [1.82, 2.24) is 15.3 Å². The Balaban J connectivity index is 1.89. The van der Waals surface area contributed by atoms with Crippen LogP contribution in [0.1, 0.15) is 60.2 Å². The summed E-state index contributed by atoms with van der Waals surface area (Å²) in [6, 6.07) is 8.29. The fraction of sp³-hybridized carbons (Fsp3) is 0.389. The first-order chi connectivity index (χ1) is 10.9. The third-order valence-electron chi connectivity index (χ3n) is 4.51. The number of fused-ring (bicyclic) bond motifs is 1. The van der Waals surface area contributed by atoms with E-state index in [1.54, 1.807) is 6.92 Å². The van der Waals surface area contributed by atoms with Crippen molar-refractivity contribution in [3.05, 3.63) is 58.1 Å². The molecule has 1 amide bonds. The van der Waals surface area contributed by atoms with E-state index in [0.717, 1.165) is 12.8 Å². The maximum atomic E-state index is 12.6. The summed E-state index contributed by atoms with van der Waals surface area (Å²) in [6.07, 6.45) is 3.39. The van der Waals surface area contributed by atoms with Crippen molar-refractivity contribution in [2.45, 2.75) is 45.1 Å². The molecule has 1 aliphatic rings. The predicted molar refractivity (Wildman–Crippen MR) is 90.7 cm³/mol. The fourth-order valence-electron chi connectivity index (χ4n) is 3.20. The van der Waals surface area contributed by atoms with Gasteiger partial charge in [-0.15, -0.1) is 0 Å². The van der Waals surface area contributed by atoms with Crippen molar-refractivity contribution in [1.29, 1.82) is 0 Å². The van der Waals surface area contributed by atoms with Crippen molar-refractivity contribution in [3.63, 3.8) is 0 Å². The lowest BCUT2D eigenvalue weighted by atomic mass is 9.71. The smallest absolute Gasteiger partial charge is 0.272 e. The largest absolute Gasteiger partial charge is 0.344 e. The summed E-state index contributed by atoms with van der Waals surface area (Å²) in [4.78, 5) is 20.7. The van der Waals surface area contributed by atoms with Gasteiger partial charge in [0.15, 0.2) is 0 Å². The maximum absolute atomic E-state index is 12.6. The SMILES string of the molecule is Cc1ncc(Cl)c(C(=O)NC2CCC(C)(C)c3ccccc32)n1. The molecule has 1 aliphatic carbocycles. The lowest BCUT2D eigenvalue weighted by Crippen LogP contribution is -2.36. The first kappa shape index (κ1) is 15.9. The van der Waals surface area contributed by atoms with Gasteiger partial charge in [-0.1, -0.05) is 49.7 Å². The van der Waals surface area contributed by atoms with Crippen LogP contribution in [0.15, 0.2) is 30.5 Å². The molecule has 1 N–H and O–H groups in total. The van der Waals surface area contributed by atoms with Gasteiger partial charge in [0.25, 0.3) is 5.91 Å². The molecule has 23 heavy (non-hydrogen) atoms. The van der Waals surface area contributed by atoms with E-state index in [1.807, 2.05) is 6.07 Å². The van der Waals surface area contributed by atoms with Gasteiger partial charge in [0.2, 0.25) is 0 Å². The molecular weight excluding hydrogens is 310 g/mol. The number of aryl methyl sites for hydroxylation is 1. The van der Waals surface area contributed by atoms with Crippen LogP contribution in [0.2, 0.25) is 5.02 Å². The van der Waals surface area contributed by atoms with Gasteiger partial charge in [0.1, 0.15) is 11.5 Å². The number of carbonyl (C=O) groups is 1.